The van der Waals surface area contributed by atoms with Gasteiger partial charge in [0.15, 0.2) is 0 Å². The molecular weight excluding hydrogens is 432 g/mol. The molecule has 0 unspecified atom stereocenters. The van der Waals surface area contributed by atoms with Gasteiger partial charge in [0.25, 0.3) is 0 Å². The zero-order valence-corrected chi connectivity index (χ0v) is 18.5. The van der Waals surface area contributed by atoms with Crippen LogP contribution in [0.5, 0.6) is 46.0 Å². The average molecular weight is 456 g/mol. The van der Waals surface area contributed by atoms with Crippen LogP contribution >= 0.6 is 0 Å². The summed E-state index contributed by atoms with van der Waals surface area (Å²) in [5.74, 6) is 1.26. The summed E-state index contributed by atoms with van der Waals surface area (Å²) in [5, 5.41) is 9.54. The van der Waals surface area contributed by atoms with Crippen LogP contribution in [0.1, 0.15) is 10.4 Å². The highest BCUT2D eigenvalue weighted by molar-refractivity contribution is 5.88. The van der Waals surface area contributed by atoms with Crippen molar-refractivity contribution in [1.82, 2.24) is 0 Å². The maximum atomic E-state index is 11.7. The van der Waals surface area contributed by atoms with Crippen LogP contribution in [-0.4, -0.2) is 39.5 Å². The highest BCUT2D eigenvalue weighted by atomic mass is 16.5. The fourth-order valence-electron chi connectivity index (χ4n) is 3.03. The zero-order chi connectivity index (χ0) is 24.1. The Bertz CT molecular complexity index is 1050. The van der Waals surface area contributed by atoms with E-state index in [0.29, 0.717) is 45.9 Å². The van der Waals surface area contributed by atoms with Crippen molar-refractivity contribution in [3.05, 3.63) is 48.0 Å². The molecule has 0 saturated carbocycles. The minimum atomic E-state index is -1.16. The molecular formula is C23H24N2O8. The van der Waals surface area contributed by atoms with E-state index in [1.807, 2.05) is 0 Å². The molecule has 0 fully saturated rings. The van der Waals surface area contributed by atoms with Gasteiger partial charge in [-0.1, -0.05) is 0 Å². The van der Waals surface area contributed by atoms with Crippen molar-refractivity contribution in [3.63, 3.8) is 0 Å². The van der Waals surface area contributed by atoms with Gasteiger partial charge in [0.05, 0.1) is 34.0 Å². The maximum Gasteiger partial charge on any atom is 0.335 e. The predicted molar refractivity (Wildman–Crippen MR) is 121 cm³/mol. The van der Waals surface area contributed by atoms with Crippen molar-refractivity contribution in [1.29, 1.82) is 0 Å². The predicted octanol–water partition coefficient (Wildman–Crippen LogP) is 4.17. The molecule has 0 heterocycles. The topological polar surface area (TPSA) is 145 Å². The SMILES string of the molecule is COc1cc(Oc2cc(Oc3cc(OC)c(N)c(OC)c3)cc(C(=O)O)c2)cc(OC)c1N. The summed E-state index contributed by atoms with van der Waals surface area (Å²) in [4.78, 5) is 11.7. The number of benzene rings is 3. The Labute approximate surface area is 190 Å². The number of carboxylic acid groups (broad SMARTS) is 1. The number of hydrogen-bond donors (Lipinski definition) is 3. The van der Waals surface area contributed by atoms with E-state index >= 15 is 0 Å². The second kappa shape index (κ2) is 9.77. The van der Waals surface area contributed by atoms with Crippen molar-refractivity contribution in [2.75, 3.05) is 39.9 Å². The summed E-state index contributed by atoms with van der Waals surface area (Å²) in [5.41, 5.74) is 12.5. The number of carbonyl (C=O) groups is 1. The Morgan fingerprint density at radius 2 is 0.909 bits per heavy atom. The van der Waals surface area contributed by atoms with E-state index in [1.165, 1.54) is 46.6 Å². The van der Waals surface area contributed by atoms with Gasteiger partial charge < -0.3 is 45.0 Å². The van der Waals surface area contributed by atoms with Crippen molar-refractivity contribution in [3.8, 4) is 46.0 Å². The quantitative estimate of drug-likeness (QED) is 0.401. The molecule has 10 heteroatoms. The number of ether oxygens (including phenoxy) is 6. The smallest absolute Gasteiger partial charge is 0.335 e. The molecule has 0 aliphatic carbocycles. The Morgan fingerprint density at radius 3 is 1.18 bits per heavy atom. The number of anilines is 2. The first-order valence-electron chi connectivity index (χ1n) is 9.56. The van der Waals surface area contributed by atoms with Crippen LogP contribution in [0.25, 0.3) is 0 Å². The van der Waals surface area contributed by atoms with Crippen LogP contribution in [0, 0.1) is 0 Å². The normalized spacial score (nSPS) is 10.3. The van der Waals surface area contributed by atoms with Crippen LogP contribution in [-0.2, 0) is 0 Å². The second-order valence-corrected chi connectivity index (χ2v) is 6.69. The summed E-state index contributed by atoms with van der Waals surface area (Å²) < 4.78 is 32.7. The Hall–Kier alpha value is -4.47. The van der Waals surface area contributed by atoms with Crippen LogP contribution in [0.2, 0.25) is 0 Å². The van der Waals surface area contributed by atoms with E-state index in [2.05, 4.69) is 0 Å². The minimum Gasteiger partial charge on any atom is -0.494 e. The van der Waals surface area contributed by atoms with E-state index in [9.17, 15) is 9.90 Å². The molecule has 33 heavy (non-hydrogen) atoms. The van der Waals surface area contributed by atoms with E-state index in [0.717, 1.165) is 0 Å². The third kappa shape index (κ3) is 5.06. The van der Waals surface area contributed by atoms with E-state index in [4.69, 9.17) is 39.9 Å². The number of hydrogen-bond acceptors (Lipinski definition) is 9. The Kier molecular flexibility index (Phi) is 6.87. The van der Waals surface area contributed by atoms with Gasteiger partial charge >= 0.3 is 5.97 Å². The van der Waals surface area contributed by atoms with Crippen LogP contribution in [0.15, 0.2) is 42.5 Å². The standard InChI is InChI=1S/C23H24N2O8/c1-28-17-8-15(9-18(29-2)21(17)24)32-13-5-12(23(26)27)6-14(7-13)33-16-10-19(30-3)22(25)20(11-16)31-4/h5-11H,24-25H2,1-4H3,(H,26,27). The van der Waals surface area contributed by atoms with Crippen molar-refractivity contribution in [2.24, 2.45) is 0 Å². The molecule has 0 spiro atoms. The Balaban J connectivity index is 2.00. The molecule has 0 amide bonds. The van der Waals surface area contributed by atoms with E-state index in [-0.39, 0.29) is 17.1 Å². The highest BCUT2D eigenvalue weighted by Crippen LogP contribution is 2.41. The van der Waals surface area contributed by atoms with Crippen LogP contribution in [0.3, 0.4) is 0 Å². The van der Waals surface area contributed by atoms with E-state index < -0.39 is 5.97 Å². The van der Waals surface area contributed by atoms with Crippen molar-refractivity contribution < 1.29 is 38.3 Å². The first-order chi connectivity index (χ1) is 15.8. The number of aromatic carboxylic acids is 1. The largest absolute Gasteiger partial charge is 0.494 e. The fraction of sp³-hybridized carbons (Fsp3) is 0.174. The summed E-state index contributed by atoms with van der Waals surface area (Å²) in [6.45, 7) is 0. The van der Waals surface area contributed by atoms with E-state index in [1.54, 1.807) is 24.3 Å². The molecule has 0 atom stereocenters. The number of carboxylic acids is 1. The molecule has 3 aromatic rings. The molecule has 0 aliphatic heterocycles. The van der Waals surface area contributed by atoms with Gasteiger partial charge in [0.1, 0.15) is 57.4 Å². The van der Waals surface area contributed by atoms with Gasteiger partial charge in [0.2, 0.25) is 0 Å². The van der Waals surface area contributed by atoms with Crippen molar-refractivity contribution in [2.45, 2.75) is 0 Å². The van der Waals surface area contributed by atoms with Gasteiger partial charge in [-0.3, -0.25) is 0 Å². The summed E-state index contributed by atoms with van der Waals surface area (Å²) >= 11 is 0. The lowest BCUT2D eigenvalue weighted by molar-refractivity contribution is 0.0696. The summed E-state index contributed by atoms with van der Waals surface area (Å²) in [7, 11) is 5.84. The molecule has 3 rings (SSSR count). The molecule has 0 radical (unpaired) electrons. The molecule has 0 aromatic heterocycles. The molecule has 0 bridgehead atoms. The van der Waals surface area contributed by atoms with Gasteiger partial charge in [-0.2, -0.15) is 0 Å². The number of nitrogens with two attached hydrogens (primary N) is 2. The molecule has 0 aliphatic rings. The molecule has 10 nitrogen and oxygen atoms in total. The number of nitrogen functional groups attached to an aromatic ring is 2. The average Bonchev–Trinajstić information content (AvgIpc) is 2.80. The lowest BCUT2D eigenvalue weighted by atomic mass is 10.2. The summed E-state index contributed by atoms with van der Waals surface area (Å²) in [6, 6.07) is 10.5. The molecule has 5 N–H and O–H groups in total. The molecule has 3 aromatic carbocycles. The number of rotatable bonds is 9. The van der Waals surface area contributed by atoms with Crippen LogP contribution in [0.4, 0.5) is 11.4 Å². The third-order valence-corrected chi connectivity index (χ3v) is 4.63. The monoisotopic (exact) mass is 456 g/mol. The van der Waals surface area contributed by atoms with Gasteiger partial charge in [-0.05, 0) is 12.1 Å². The minimum absolute atomic E-state index is 0.0498. The van der Waals surface area contributed by atoms with Crippen molar-refractivity contribution >= 4 is 17.3 Å². The maximum absolute atomic E-state index is 11.7. The first kappa shape index (κ1) is 23.2. The third-order valence-electron chi connectivity index (χ3n) is 4.63. The Morgan fingerprint density at radius 1 is 0.606 bits per heavy atom. The zero-order valence-electron chi connectivity index (χ0n) is 18.5. The van der Waals surface area contributed by atoms with Gasteiger partial charge in [-0.15, -0.1) is 0 Å². The molecule has 0 saturated heterocycles. The first-order valence-corrected chi connectivity index (χ1v) is 9.56. The lowest BCUT2D eigenvalue weighted by Gasteiger charge is -2.15. The van der Waals surface area contributed by atoms with Gasteiger partial charge in [0, 0.05) is 30.3 Å². The lowest BCUT2D eigenvalue weighted by Crippen LogP contribution is -2.00. The second-order valence-electron chi connectivity index (χ2n) is 6.69. The summed E-state index contributed by atoms with van der Waals surface area (Å²) in [6.07, 6.45) is 0. The molecule has 174 valence electrons. The number of methoxy groups -OCH3 is 4. The van der Waals surface area contributed by atoms with Gasteiger partial charge in [-0.25, -0.2) is 4.79 Å². The fourth-order valence-corrected chi connectivity index (χ4v) is 3.03. The van der Waals surface area contributed by atoms with Crippen LogP contribution < -0.4 is 39.9 Å². The highest BCUT2D eigenvalue weighted by Gasteiger charge is 2.15.